The molecule has 116 valence electrons. The van der Waals surface area contributed by atoms with E-state index in [-0.39, 0.29) is 6.04 Å². The molecule has 1 aliphatic rings. The fourth-order valence-corrected chi connectivity index (χ4v) is 4.36. The Bertz CT molecular complexity index is 563. The van der Waals surface area contributed by atoms with E-state index in [1.54, 1.807) is 12.1 Å². The van der Waals surface area contributed by atoms with Gasteiger partial charge >= 0.3 is 0 Å². The Balaban J connectivity index is 2.16. The molecule has 2 atom stereocenters. The summed E-state index contributed by atoms with van der Waals surface area (Å²) in [4.78, 5) is 0.356. The lowest BCUT2D eigenvalue weighted by Gasteiger charge is -2.25. The Morgan fingerprint density at radius 3 is 2.52 bits per heavy atom. The van der Waals surface area contributed by atoms with Gasteiger partial charge in [0.2, 0.25) is 10.0 Å². The summed E-state index contributed by atoms with van der Waals surface area (Å²) in [6.07, 6.45) is 8.24. The lowest BCUT2D eigenvalue weighted by molar-refractivity contribution is 0.374. The monoisotopic (exact) mass is 307 g/mol. The van der Waals surface area contributed by atoms with Gasteiger partial charge in [0.1, 0.15) is 0 Å². The van der Waals surface area contributed by atoms with Crippen molar-refractivity contribution in [1.82, 2.24) is 4.72 Å². The second kappa shape index (κ2) is 7.23. The predicted molar refractivity (Wildman–Crippen MR) is 86.7 cm³/mol. The molecule has 0 heterocycles. The molecular formula is C17H25NO2S. The number of sulfonamides is 1. The van der Waals surface area contributed by atoms with Crippen LogP contribution in [0.25, 0.3) is 0 Å². The molecule has 0 aliphatic heterocycles. The van der Waals surface area contributed by atoms with Gasteiger partial charge in [-0.2, -0.15) is 0 Å². The Hall–Kier alpha value is -1.13. The molecule has 0 bridgehead atoms. The number of aryl methyl sites for hydroxylation is 1. The first-order valence-electron chi connectivity index (χ1n) is 7.73. The van der Waals surface area contributed by atoms with E-state index >= 15 is 0 Å². The van der Waals surface area contributed by atoms with Gasteiger partial charge in [-0.05, 0) is 44.2 Å². The normalized spacial score (nSPS) is 23.5. The standard InChI is InChI=1S/C17H25NO2S/c1-3-7-15-8-5-4-6-9-17(15)18-21(19,20)16-12-10-14(2)11-13-16/h3,10-13,15,17-18H,1,4-9H2,2H3. The largest absolute Gasteiger partial charge is 0.240 e. The van der Waals surface area contributed by atoms with Crippen molar-refractivity contribution in [2.45, 2.75) is 56.4 Å². The highest BCUT2D eigenvalue weighted by molar-refractivity contribution is 7.89. The average molecular weight is 307 g/mol. The maximum absolute atomic E-state index is 12.5. The topological polar surface area (TPSA) is 46.2 Å². The number of benzene rings is 1. The molecule has 0 aromatic heterocycles. The van der Waals surface area contributed by atoms with Crippen molar-refractivity contribution in [2.24, 2.45) is 5.92 Å². The van der Waals surface area contributed by atoms with Crippen LogP contribution in [0.3, 0.4) is 0 Å². The number of hydrogen-bond donors (Lipinski definition) is 1. The molecule has 2 unspecified atom stereocenters. The first-order valence-corrected chi connectivity index (χ1v) is 9.21. The number of nitrogens with one attached hydrogen (secondary N) is 1. The number of allylic oxidation sites excluding steroid dienone is 1. The summed E-state index contributed by atoms with van der Waals surface area (Å²) in [7, 11) is -3.43. The first kappa shape index (κ1) is 16.2. The van der Waals surface area contributed by atoms with Crippen molar-refractivity contribution >= 4 is 10.0 Å². The van der Waals surface area contributed by atoms with Gasteiger partial charge in [-0.3, -0.25) is 0 Å². The van der Waals surface area contributed by atoms with Gasteiger partial charge in [-0.1, -0.05) is 43.0 Å². The molecule has 0 saturated heterocycles. The lowest BCUT2D eigenvalue weighted by Crippen LogP contribution is -2.39. The van der Waals surface area contributed by atoms with Crippen molar-refractivity contribution in [3.8, 4) is 0 Å². The molecule has 0 spiro atoms. The lowest BCUT2D eigenvalue weighted by atomic mass is 9.92. The van der Waals surface area contributed by atoms with Gasteiger partial charge in [0.05, 0.1) is 4.90 Å². The van der Waals surface area contributed by atoms with Gasteiger partial charge in [0.25, 0.3) is 0 Å². The maximum Gasteiger partial charge on any atom is 0.240 e. The minimum absolute atomic E-state index is 0.0248. The van der Waals surface area contributed by atoms with Crippen LogP contribution in [0.15, 0.2) is 41.8 Å². The summed E-state index contributed by atoms with van der Waals surface area (Å²) >= 11 is 0. The Morgan fingerprint density at radius 1 is 1.19 bits per heavy atom. The van der Waals surface area contributed by atoms with E-state index in [1.165, 1.54) is 12.8 Å². The van der Waals surface area contributed by atoms with Gasteiger partial charge in [-0.25, -0.2) is 13.1 Å². The highest BCUT2D eigenvalue weighted by Gasteiger charge is 2.27. The molecule has 1 aromatic carbocycles. The molecule has 21 heavy (non-hydrogen) atoms. The molecule has 3 nitrogen and oxygen atoms in total. The van der Waals surface area contributed by atoms with E-state index in [9.17, 15) is 8.42 Å². The first-order chi connectivity index (χ1) is 10.0. The summed E-state index contributed by atoms with van der Waals surface area (Å²) in [5.41, 5.74) is 1.06. The maximum atomic E-state index is 12.5. The van der Waals surface area contributed by atoms with E-state index in [0.717, 1.165) is 31.2 Å². The summed E-state index contributed by atoms with van der Waals surface area (Å²) in [6, 6.07) is 7.05. The van der Waals surface area contributed by atoms with Gasteiger partial charge in [-0.15, -0.1) is 6.58 Å². The van der Waals surface area contributed by atoms with Crippen LogP contribution in [0.1, 0.15) is 44.1 Å². The van der Waals surface area contributed by atoms with E-state index in [4.69, 9.17) is 0 Å². The summed E-state index contributed by atoms with van der Waals surface area (Å²) in [5, 5.41) is 0. The van der Waals surface area contributed by atoms with Crippen molar-refractivity contribution in [1.29, 1.82) is 0 Å². The van der Waals surface area contributed by atoms with Crippen molar-refractivity contribution in [3.05, 3.63) is 42.5 Å². The third-order valence-electron chi connectivity index (χ3n) is 4.27. The van der Waals surface area contributed by atoms with Crippen LogP contribution in [0.2, 0.25) is 0 Å². The fraction of sp³-hybridized carbons (Fsp3) is 0.529. The molecule has 1 aromatic rings. The summed E-state index contributed by atoms with van der Waals surface area (Å²) in [6.45, 7) is 5.76. The van der Waals surface area contributed by atoms with Crippen LogP contribution < -0.4 is 4.72 Å². The molecule has 1 aliphatic carbocycles. The minimum atomic E-state index is -3.43. The van der Waals surface area contributed by atoms with Crippen LogP contribution in [-0.2, 0) is 10.0 Å². The van der Waals surface area contributed by atoms with Gasteiger partial charge < -0.3 is 0 Å². The summed E-state index contributed by atoms with van der Waals surface area (Å²) < 4.78 is 28.0. The zero-order valence-electron chi connectivity index (χ0n) is 12.7. The van der Waals surface area contributed by atoms with Crippen molar-refractivity contribution in [2.75, 3.05) is 0 Å². The predicted octanol–water partition coefficient (Wildman–Crippen LogP) is 3.80. The second-order valence-corrected chi connectivity index (χ2v) is 7.68. The third-order valence-corrected chi connectivity index (χ3v) is 5.77. The molecule has 1 N–H and O–H groups in total. The highest BCUT2D eigenvalue weighted by atomic mass is 32.2. The zero-order chi connectivity index (χ0) is 15.3. The Morgan fingerprint density at radius 2 is 1.86 bits per heavy atom. The van der Waals surface area contributed by atoms with E-state index < -0.39 is 10.0 Å². The fourth-order valence-electron chi connectivity index (χ4n) is 3.02. The third kappa shape index (κ3) is 4.42. The Kier molecular flexibility index (Phi) is 5.59. The Labute approximate surface area is 128 Å². The molecule has 4 heteroatoms. The second-order valence-electron chi connectivity index (χ2n) is 5.96. The van der Waals surface area contributed by atoms with E-state index in [0.29, 0.717) is 10.8 Å². The molecule has 0 amide bonds. The van der Waals surface area contributed by atoms with Crippen LogP contribution >= 0.6 is 0 Å². The van der Waals surface area contributed by atoms with Crippen LogP contribution in [0.5, 0.6) is 0 Å². The van der Waals surface area contributed by atoms with Gasteiger partial charge in [0, 0.05) is 6.04 Å². The smallest absolute Gasteiger partial charge is 0.208 e. The quantitative estimate of drug-likeness (QED) is 0.664. The SMILES string of the molecule is C=CCC1CCCCCC1NS(=O)(=O)c1ccc(C)cc1. The molecular weight excluding hydrogens is 282 g/mol. The minimum Gasteiger partial charge on any atom is -0.208 e. The van der Waals surface area contributed by atoms with Crippen molar-refractivity contribution in [3.63, 3.8) is 0 Å². The van der Waals surface area contributed by atoms with Gasteiger partial charge in [0.15, 0.2) is 0 Å². The highest BCUT2D eigenvalue weighted by Crippen LogP contribution is 2.27. The summed E-state index contributed by atoms with van der Waals surface area (Å²) in [5.74, 6) is 0.366. The van der Waals surface area contributed by atoms with E-state index in [2.05, 4.69) is 11.3 Å². The van der Waals surface area contributed by atoms with Crippen LogP contribution in [-0.4, -0.2) is 14.5 Å². The molecule has 0 radical (unpaired) electrons. The average Bonchev–Trinajstić information content (AvgIpc) is 2.65. The molecule has 1 fully saturated rings. The van der Waals surface area contributed by atoms with Crippen molar-refractivity contribution < 1.29 is 8.42 Å². The van der Waals surface area contributed by atoms with Crippen LogP contribution in [0, 0.1) is 12.8 Å². The van der Waals surface area contributed by atoms with Crippen LogP contribution in [0.4, 0.5) is 0 Å². The number of rotatable bonds is 5. The zero-order valence-corrected chi connectivity index (χ0v) is 13.5. The van der Waals surface area contributed by atoms with E-state index in [1.807, 2.05) is 25.1 Å². The number of hydrogen-bond acceptors (Lipinski definition) is 2. The molecule has 2 rings (SSSR count). The molecule has 1 saturated carbocycles.